The molecule has 0 spiro atoms. The number of nitrogens with two attached hydrogens (primary N) is 1. The van der Waals surface area contributed by atoms with Gasteiger partial charge in [-0.25, -0.2) is 4.98 Å². The van der Waals surface area contributed by atoms with Crippen LogP contribution in [0.2, 0.25) is 0 Å². The van der Waals surface area contributed by atoms with Crippen LogP contribution in [0.5, 0.6) is 0 Å². The zero-order valence-corrected chi connectivity index (χ0v) is 10.7. The van der Waals surface area contributed by atoms with E-state index in [0.717, 1.165) is 29.0 Å². The highest BCUT2D eigenvalue weighted by atomic mass is 15.1. The van der Waals surface area contributed by atoms with Crippen molar-refractivity contribution in [2.45, 2.75) is 33.9 Å². The van der Waals surface area contributed by atoms with Crippen LogP contribution in [0.3, 0.4) is 0 Å². The monoisotopic (exact) mass is 229 g/mol. The number of hydrogen-bond donors (Lipinski definition) is 1. The van der Waals surface area contributed by atoms with E-state index in [2.05, 4.69) is 42.1 Å². The summed E-state index contributed by atoms with van der Waals surface area (Å²) in [4.78, 5) is 4.58. The molecule has 3 heteroatoms. The highest BCUT2D eigenvalue weighted by Crippen LogP contribution is 2.21. The summed E-state index contributed by atoms with van der Waals surface area (Å²) in [5.74, 6) is 0.924. The number of benzene rings is 1. The normalized spacial score (nSPS) is 11.1. The quantitative estimate of drug-likeness (QED) is 0.822. The van der Waals surface area contributed by atoms with Gasteiger partial charge in [-0.05, 0) is 44.0 Å². The van der Waals surface area contributed by atoms with Crippen molar-refractivity contribution in [1.29, 1.82) is 0 Å². The first kappa shape index (κ1) is 11.9. The summed E-state index contributed by atoms with van der Waals surface area (Å²) >= 11 is 0. The van der Waals surface area contributed by atoms with E-state index < -0.39 is 0 Å². The van der Waals surface area contributed by atoms with Gasteiger partial charge in [0.25, 0.3) is 0 Å². The summed E-state index contributed by atoms with van der Waals surface area (Å²) in [6, 6.07) is 4.30. The fourth-order valence-corrected chi connectivity index (χ4v) is 2.03. The van der Waals surface area contributed by atoms with Crippen molar-refractivity contribution < 1.29 is 0 Å². The minimum absolute atomic E-state index is 0.458. The van der Waals surface area contributed by atoms with E-state index in [4.69, 9.17) is 5.73 Å². The molecule has 90 valence electrons. The Morgan fingerprint density at radius 3 is 2.59 bits per heavy atom. The zero-order valence-electron chi connectivity index (χ0n) is 10.7. The van der Waals surface area contributed by atoms with Crippen molar-refractivity contribution in [3.8, 4) is 0 Å². The molecule has 0 unspecified atom stereocenters. The third-order valence-electron chi connectivity index (χ3n) is 3.05. The summed E-state index contributed by atoms with van der Waals surface area (Å²) in [6.45, 7) is 11.5. The topological polar surface area (TPSA) is 43.8 Å². The van der Waals surface area contributed by atoms with E-state index in [1.807, 2.05) is 6.92 Å². The number of rotatable bonds is 3. The van der Waals surface area contributed by atoms with Gasteiger partial charge in [0.05, 0.1) is 17.6 Å². The zero-order chi connectivity index (χ0) is 12.6. The summed E-state index contributed by atoms with van der Waals surface area (Å²) in [5.41, 5.74) is 11.6. The van der Waals surface area contributed by atoms with Gasteiger partial charge < -0.3 is 10.3 Å². The van der Waals surface area contributed by atoms with Gasteiger partial charge in [0, 0.05) is 6.54 Å². The lowest BCUT2D eigenvalue weighted by Gasteiger charge is -2.08. The predicted molar refractivity (Wildman–Crippen MR) is 71.9 cm³/mol. The second kappa shape index (κ2) is 4.34. The Balaban J connectivity index is 2.69. The van der Waals surface area contributed by atoms with Crippen LogP contribution in [0.15, 0.2) is 24.3 Å². The Labute approximate surface area is 102 Å². The molecule has 0 atom stereocenters. The lowest BCUT2D eigenvalue weighted by molar-refractivity contribution is 0.735. The Bertz CT molecular complexity index is 579. The number of nitrogens with zero attached hydrogens (tertiary/aromatic N) is 2. The van der Waals surface area contributed by atoms with Crippen molar-refractivity contribution in [3.05, 3.63) is 41.2 Å². The molecule has 2 N–H and O–H groups in total. The third-order valence-corrected chi connectivity index (χ3v) is 3.05. The van der Waals surface area contributed by atoms with Crippen LogP contribution in [-0.2, 0) is 13.1 Å². The summed E-state index contributed by atoms with van der Waals surface area (Å²) < 4.78 is 2.16. The molecule has 0 saturated heterocycles. The van der Waals surface area contributed by atoms with Crippen LogP contribution in [0, 0.1) is 13.8 Å². The second-order valence-corrected chi connectivity index (χ2v) is 4.70. The highest BCUT2D eigenvalue weighted by Gasteiger charge is 2.10. The molecule has 2 rings (SSSR count). The number of fused-ring (bicyclic) bond motifs is 1. The number of aryl methyl sites for hydroxylation is 2. The number of hydrogen-bond acceptors (Lipinski definition) is 2. The minimum Gasteiger partial charge on any atom is -0.324 e. The number of imidazole rings is 1. The molecule has 0 amide bonds. The van der Waals surface area contributed by atoms with E-state index in [9.17, 15) is 0 Å². The molecule has 0 radical (unpaired) electrons. The van der Waals surface area contributed by atoms with Gasteiger partial charge >= 0.3 is 0 Å². The first-order chi connectivity index (χ1) is 8.02. The molecule has 2 aromatic rings. The van der Waals surface area contributed by atoms with Crippen LogP contribution in [0.1, 0.15) is 23.9 Å². The van der Waals surface area contributed by atoms with Crippen LogP contribution in [0.4, 0.5) is 0 Å². The van der Waals surface area contributed by atoms with E-state index in [1.165, 1.54) is 11.1 Å². The van der Waals surface area contributed by atoms with Gasteiger partial charge in [-0.2, -0.15) is 0 Å². The maximum absolute atomic E-state index is 5.75. The highest BCUT2D eigenvalue weighted by molar-refractivity contribution is 5.78. The Morgan fingerprint density at radius 2 is 2.00 bits per heavy atom. The average molecular weight is 229 g/mol. The maximum Gasteiger partial charge on any atom is 0.123 e. The van der Waals surface area contributed by atoms with Crippen LogP contribution in [0.25, 0.3) is 11.0 Å². The summed E-state index contributed by atoms with van der Waals surface area (Å²) in [7, 11) is 0. The first-order valence-electron chi connectivity index (χ1n) is 5.83. The van der Waals surface area contributed by atoms with E-state index >= 15 is 0 Å². The van der Waals surface area contributed by atoms with E-state index in [1.54, 1.807) is 0 Å². The van der Waals surface area contributed by atoms with Gasteiger partial charge in [0.1, 0.15) is 5.82 Å². The molecular weight excluding hydrogens is 210 g/mol. The molecule has 1 aromatic carbocycles. The Hall–Kier alpha value is -1.61. The van der Waals surface area contributed by atoms with Crippen molar-refractivity contribution >= 4 is 11.0 Å². The molecule has 0 aliphatic heterocycles. The van der Waals surface area contributed by atoms with Gasteiger partial charge in [-0.1, -0.05) is 12.2 Å². The van der Waals surface area contributed by atoms with Crippen molar-refractivity contribution in [3.63, 3.8) is 0 Å². The molecule has 0 bridgehead atoms. The first-order valence-corrected chi connectivity index (χ1v) is 5.83. The lowest BCUT2D eigenvalue weighted by Crippen LogP contribution is -2.09. The maximum atomic E-state index is 5.75. The predicted octanol–water partition coefficient (Wildman–Crippen LogP) is 2.69. The Morgan fingerprint density at radius 1 is 1.35 bits per heavy atom. The standard InChI is InChI=1S/C14H19N3/c1-9(2)8-17-13-6-11(4)10(3)5-12(13)16-14(17)7-15/h5-6H,1,7-8,15H2,2-4H3. The van der Waals surface area contributed by atoms with Gasteiger partial charge in [0.2, 0.25) is 0 Å². The van der Waals surface area contributed by atoms with Crippen molar-refractivity contribution in [2.75, 3.05) is 0 Å². The van der Waals surface area contributed by atoms with Crippen molar-refractivity contribution in [2.24, 2.45) is 5.73 Å². The number of aromatic nitrogens is 2. The second-order valence-electron chi connectivity index (χ2n) is 4.70. The average Bonchev–Trinajstić information content (AvgIpc) is 2.57. The summed E-state index contributed by atoms with van der Waals surface area (Å²) in [6.07, 6.45) is 0. The van der Waals surface area contributed by atoms with E-state index in [-0.39, 0.29) is 0 Å². The van der Waals surface area contributed by atoms with Gasteiger partial charge in [0.15, 0.2) is 0 Å². The lowest BCUT2D eigenvalue weighted by atomic mass is 10.1. The molecule has 3 nitrogen and oxygen atoms in total. The molecule has 1 aromatic heterocycles. The fourth-order valence-electron chi connectivity index (χ4n) is 2.03. The van der Waals surface area contributed by atoms with Crippen LogP contribution < -0.4 is 5.73 Å². The van der Waals surface area contributed by atoms with Gasteiger partial charge in [-0.15, -0.1) is 0 Å². The van der Waals surface area contributed by atoms with E-state index in [0.29, 0.717) is 6.54 Å². The van der Waals surface area contributed by atoms with Crippen LogP contribution >= 0.6 is 0 Å². The molecule has 0 aliphatic rings. The molecule has 0 saturated carbocycles. The van der Waals surface area contributed by atoms with Crippen molar-refractivity contribution in [1.82, 2.24) is 9.55 Å². The Kier molecular flexibility index (Phi) is 3.03. The molecule has 1 heterocycles. The molecule has 0 aliphatic carbocycles. The number of allylic oxidation sites excluding steroid dienone is 1. The molecular formula is C14H19N3. The fraction of sp³-hybridized carbons (Fsp3) is 0.357. The van der Waals surface area contributed by atoms with Crippen LogP contribution in [-0.4, -0.2) is 9.55 Å². The SMILES string of the molecule is C=C(C)Cn1c(CN)nc2cc(C)c(C)cc21. The van der Waals surface area contributed by atoms with Gasteiger partial charge in [-0.3, -0.25) is 0 Å². The molecule has 0 fully saturated rings. The largest absolute Gasteiger partial charge is 0.324 e. The minimum atomic E-state index is 0.458. The third kappa shape index (κ3) is 2.11. The molecule has 17 heavy (non-hydrogen) atoms. The smallest absolute Gasteiger partial charge is 0.123 e. The summed E-state index contributed by atoms with van der Waals surface area (Å²) in [5, 5.41) is 0.